The monoisotopic (exact) mass is 613 g/mol. The van der Waals surface area contributed by atoms with E-state index in [0.29, 0.717) is 16.6 Å². The number of carbonyl (C=O) groups is 1. The molecule has 2 N–H and O–H groups in total. The minimum atomic E-state index is -4.37. The zero-order valence-electron chi connectivity index (χ0n) is 22.1. The van der Waals surface area contributed by atoms with Crippen LogP contribution in [0, 0.1) is 33.3 Å². The molecule has 214 valence electrons. The molecule has 3 aromatic rings. The average Bonchev–Trinajstić information content (AvgIpc) is 2.92. The molecule has 4 aliphatic carbocycles. The lowest BCUT2D eigenvalue weighted by Crippen LogP contribution is -2.49. The van der Waals surface area contributed by atoms with Crippen molar-refractivity contribution in [3.8, 4) is 11.1 Å². The van der Waals surface area contributed by atoms with E-state index in [9.17, 15) is 23.3 Å². The molecular formula is C30H29Cl2N3O5S. The van der Waals surface area contributed by atoms with E-state index >= 15 is 0 Å². The molecule has 11 heteroatoms. The van der Waals surface area contributed by atoms with Gasteiger partial charge in [0.1, 0.15) is 5.69 Å². The first-order valence-electron chi connectivity index (χ1n) is 13.7. The molecule has 4 fully saturated rings. The largest absolute Gasteiger partial charge is 0.379 e. The fourth-order valence-electron chi connectivity index (χ4n) is 7.50. The number of benzene rings is 3. The lowest BCUT2D eigenvalue weighted by atomic mass is 9.49. The van der Waals surface area contributed by atoms with Crippen LogP contribution in [0.1, 0.15) is 48.9 Å². The van der Waals surface area contributed by atoms with Crippen molar-refractivity contribution < 1.29 is 18.1 Å². The first kappa shape index (κ1) is 28.0. The maximum Gasteiger partial charge on any atom is 0.293 e. The average molecular weight is 615 g/mol. The van der Waals surface area contributed by atoms with Gasteiger partial charge >= 0.3 is 0 Å². The van der Waals surface area contributed by atoms with Gasteiger partial charge in [-0.1, -0.05) is 41.4 Å². The Labute approximate surface area is 248 Å². The van der Waals surface area contributed by atoms with E-state index in [1.165, 1.54) is 43.5 Å². The summed E-state index contributed by atoms with van der Waals surface area (Å²) in [6.07, 6.45) is 7.35. The Bertz CT molecular complexity index is 1610. The van der Waals surface area contributed by atoms with Gasteiger partial charge in [0.2, 0.25) is 0 Å². The zero-order valence-corrected chi connectivity index (χ0v) is 24.4. The van der Waals surface area contributed by atoms with Gasteiger partial charge in [-0.3, -0.25) is 14.9 Å². The van der Waals surface area contributed by atoms with E-state index in [2.05, 4.69) is 5.32 Å². The van der Waals surface area contributed by atoms with Crippen molar-refractivity contribution in [2.75, 3.05) is 11.9 Å². The summed E-state index contributed by atoms with van der Waals surface area (Å²) in [6, 6.07) is 15.2. The van der Waals surface area contributed by atoms with Gasteiger partial charge in [0.15, 0.2) is 0 Å². The molecule has 0 aliphatic heterocycles. The number of amides is 1. The van der Waals surface area contributed by atoms with Crippen LogP contribution in [0.4, 0.5) is 11.4 Å². The number of anilines is 1. The summed E-state index contributed by atoms with van der Waals surface area (Å²) in [4.78, 5) is 23.8. The molecule has 1 amide bonds. The highest BCUT2D eigenvalue weighted by Gasteiger charge is 2.50. The summed E-state index contributed by atoms with van der Waals surface area (Å²) in [5.74, 6) is 1.40. The number of nitro benzene ring substituents is 1. The Morgan fingerprint density at radius 1 is 0.878 bits per heavy atom. The zero-order chi connectivity index (χ0) is 28.9. The molecule has 41 heavy (non-hydrogen) atoms. The van der Waals surface area contributed by atoms with Crippen LogP contribution in [0.5, 0.6) is 0 Å². The normalized spacial score (nSPS) is 24.7. The Hall–Kier alpha value is -3.14. The molecular weight excluding hydrogens is 585 g/mol. The standard InChI is InChI=1S/C30H29Cl2N3O5S/c31-25-7-5-23(12-26(25)32)21-1-3-22(4-2-21)29(36)34-41(39,40)24-6-8-27(28(13-24)35(37)38)33-17-30-14-18-9-19(15-30)11-20(10-18)16-30/h1-8,12-13,18-20,33H,9-11,14-17H2,(H,34,36). The molecule has 0 atom stereocenters. The number of hydrogen-bond acceptors (Lipinski definition) is 6. The third-order valence-electron chi connectivity index (χ3n) is 8.92. The highest BCUT2D eigenvalue weighted by Crippen LogP contribution is 2.60. The van der Waals surface area contributed by atoms with Crippen LogP contribution in [0.2, 0.25) is 10.0 Å². The smallest absolute Gasteiger partial charge is 0.293 e. The van der Waals surface area contributed by atoms with Gasteiger partial charge in [0, 0.05) is 18.2 Å². The Kier molecular flexibility index (Phi) is 7.24. The van der Waals surface area contributed by atoms with E-state index in [-0.39, 0.29) is 27.2 Å². The predicted octanol–water partition coefficient (Wildman–Crippen LogP) is 7.32. The highest BCUT2D eigenvalue weighted by molar-refractivity contribution is 7.90. The number of carbonyl (C=O) groups excluding carboxylic acids is 1. The second-order valence-corrected chi connectivity index (χ2v) is 14.3. The van der Waals surface area contributed by atoms with Crippen LogP contribution in [-0.2, 0) is 10.0 Å². The van der Waals surface area contributed by atoms with Crippen LogP contribution >= 0.6 is 23.2 Å². The summed E-state index contributed by atoms with van der Waals surface area (Å²) in [5.41, 5.74) is 1.75. The van der Waals surface area contributed by atoms with Crippen molar-refractivity contribution in [1.82, 2.24) is 4.72 Å². The second-order valence-electron chi connectivity index (χ2n) is 11.8. The SMILES string of the molecule is O=C(NS(=O)(=O)c1ccc(NCC23CC4CC(CC(C4)C2)C3)c([N+](=O)[O-])c1)c1ccc(-c2ccc(Cl)c(Cl)c2)cc1. The van der Waals surface area contributed by atoms with E-state index in [4.69, 9.17) is 23.2 Å². The van der Waals surface area contributed by atoms with Crippen LogP contribution in [0.3, 0.4) is 0 Å². The van der Waals surface area contributed by atoms with E-state index in [1.807, 2.05) is 4.72 Å². The molecule has 7 rings (SSSR count). The molecule has 0 unspecified atom stereocenters. The van der Waals surface area contributed by atoms with Crippen LogP contribution in [0.15, 0.2) is 65.6 Å². The number of halogens is 2. The van der Waals surface area contributed by atoms with Crippen LogP contribution < -0.4 is 10.0 Å². The predicted molar refractivity (Wildman–Crippen MR) is 159 cm³/mol. The van der Waals surface area contributed by atoms with E-state index in [1.54, 1.807) is 30.3 Å². The van der Waals surface area contributed by atoms with Crippen molar-refractivity contribution >= 4 is 50.5 Å². The lowest BCUT2D eigenvalue weighted by molar-refractivity contribution is -0.384. The summed E-state index contributed by atoms with van der Waals surface area (Å²) in [7, 11) is -4.37. The fraction of sp³-hybridized carbons (Fsp3) is 0.367. The molecule has 4 saturated carbocycles. The third kappa shape index (κ3) is 5.67. The van der Waals surface area contributed by atoms with Gasteiger partial charge in [0.25, 0.3) is 21.6 Å². The summed E-state index contributed by atoms with van der Waals surface area (Å²) in [6.45, 7) is 0.637. The summed E-state index contributed by atoms with van der Waals surface area (Å²) in [5, 5.41) is 16.0. The van der Waals surface area contributed by atoms with Gasteiger partial charge < -0.3 is 5.32 Å². The molecule has 0 saturated heterocycles. The number of nitrogens with one attached hydrogen (secondary N) is 2. The number of rotatable bonds is 8. The highest BCUT2D eigenvalue weighted by atomic mass is 35.5. The molecule has 0 radical (unpaired) electrons. The fourth-order valence-corrected chi connectivity index (χ4v) is 8.79. The number of sulfonamides is 1. The van der Waals surface area contributed by atoms with Crippen molar-refractivity contribution in [2.45, 2.75) is 43.4 Å². The third-order valence-corrected chi connectivity index (χ3v) is 11.0. The van der Waals surface area contributed by atoms with Gasteiger partial charge in [-0.2, -0.15) is 0 Å². The van der Waals surface area contributed by atoms with Gasteiger partial charge in [-0.25, -0.2) is 13.1 Å². The van der Waals surface area contributed by atoms with Gasteiger partial charge in [0.05, 0.1) is 19.9 Å². The van der Waals surface area contributed by atoms with Gasteiger partial charge in [-0.15, -0.1) is 0 Å². The van der Waals surface area contributed by atoms with Crippen LogP contribution in [0.25, 0.3) is 11.1 Å². The first-order chi connectivity index (χ1) is 19.5. The van der Waals surface area contributed by atoms with E-state index < -0.39 is 20.9 Å². The Morgan fingerprint density at radius 2 is 1.49 bits per heavy atom. The topological polar surface area (TPSA) is 118 Å². The molecule has 3 aromatic carbocycles. The molecule has 4 bridgehead atoms. The molecule has 0 aromatic heterocycles. The summed E-state index contributed by atoms with van der Waals surface area (Å²) >= 11 is 12.1. The van der Waals surface area contributed by atoms with Crippen LogP contribution in [-0.4, -0.2) is 25.8 Å². The first-order valence-corrected chi connectivity index (χ1v) is 15.9. The van der Waals surface area contributed by atoms with Crippen molar-refractivity contribution in [1.29, 1.82) is 0 Å². The number of hydrogen-bond donors (Lipinski definition) is 2. The van der Waals surface area contributed by atoms with Crippen molar-refractivity contribution in [3.63, 3.8) is 0 Å². The molecule has 4 aliphatic rings. The van der Waals surface area contributed by atoms with Gasteiger partial charge in [-0.05, 0) is 109 Å². The summed E-state index contributed by atoms with van der Waals surface area (Å²) < 4.78 is 28.1. The Balaban J connectivity index is 1.16. The number of nitro groups is 1. The quantitative estimate of drug-likeness (QED) is 0.203. The Morgan fingerprint density at radius 3 is 2.07 bits per heavy atom. The minimum absolute atomic E-state index is 0.112. The molecule has 0 spiro atoms. The molecule has 0 heterocycles. The second kappa shape index (κ2) is 10.6. The van der Waals surface area contributed by atoms with Crippen molar-refractivity contribution in [3.05, 3.63) is 86.4 Å². The maximum atomic E-state index is 13.0. The number of nitrogens with zero attached hydrogens (tertiary/aromatic N) is 1. The lowest BCUT2D eigenvalue weighted by Gasteiger charge is -2.57. The van der Waals surface area contributed by atoms with E-state index in [0.717, 1.165) is 54.2 Å². The maximum absolute atomic E-state index is 13.0. The molecule has 8 nitrogen and oxygen atoms in total. The van der Waals surface area contributed by atoms with Crippen molar-refractivity contribution in [2.24, 2.45) is 23.2 Å². The minimum Gasteiger partial charge on any atom is -0.379 e.